The van der Waals surface area contributed by atoms with E-state index < -0.39 is 0 Å². The second-order valence-electron chi connectivity index (χ2n) is 4.65. The van der Waals surface area contributed by atoms with Crippen LogP contribution in [0.25, 0.3) is 6.08 Å². The minimum atomic E-state index is 0.0807. The standard InChI is InChI=1S/C18H19NO2/c1-2-21-17-12-6-14(7-13-17)4-3-5-18(20)15-8-10-16(19)11-9-15/h3-4,6-13H,2,5,19H2,1H3. The van der Waals surface area contributed by atoms with Gasteiger partial charge in [-0.05, 0) is 48.9 Å². The molecule has 0 spiro atoms. The molecule has 2 aromatic rings. The Labute approximate surface area is 125 Å². The Morgan fingerprint density at radius 1 is 1.10 bits per heavy atom. The summed E-state index contributed by atoms with van der Waals surface area (Å²) in [4.78, 5) is 12.0. The molecule has 0 heterocycles. The van der Waals surface area contributed by atoms with Crippen LogP contribution in [0.15, 0.2) is 54.6 Å². The first-order valence-corrected chi connectivity index (χ1v) is 6.97. The number of carbonyl (C=O) groups excluding carboxylic acids is 1. The van der Waals surface area contributed by atoms with Gasteiger partial charge in [-0.2, -0.15) is 0 Å². The molecule has 0 atom stereocenters. The summed E-state index contributed by atoms with van der Waals surface area (Å²) in [7, 11) is 0. The normalized spacial score (nSPS) is 10.7. The van der Waals surface area contributed by atoms with E-state index in [0.717, 1.165) is 11.3 Å². The van der Waals surface area contributed by atoms with Crippen molar-refractivity contribution in [1.82, 2.24) is 0 Å². The molecule has 0 saturated heterocycles. The van der Waals surface area contributed by atoms with Gasteiger partial charge in [0, 0.05) is 17.7 Å². The van der Waals surface area contributed by atoms with Crippen molar-refractivity contribution in [3.63, 3.8) is 0 Å². The van der Waals surface area contributed by atoms with Crippen LogP contribution in [0.5, 0.6) is 5.75 Å². The fraction of sp³-hybridized carbons (Fsp3) is 0.167. The molecule has 108 valence electrons. The van der Waals surface area contributed by atoms with Crippen LogP contribution in [0.4, 0.5) is 5.69 Å². The fourth-order valence-corrected chi connectivity index (χ4v) is 1.93. The molecule has 0 saturated carbocycles. The second-order valence-corrected chi connectivity index (χ2v) is 4.65. The SMILES string of the molecule is CCOc1ccc(C=CCC(=O)c2ccc(N)cc2)cc1. The Morgan fingerprint density at radius 3 is 2.38 bits per heavy atom. The summed E-state index contributed by atoms with van der Waals surface area (Å²) in [5.41, 5.74) is 7.99. The van der Waals surface area contributed by atoms with Gasteiger partial charge in [-0.15, -0.1) is 0 Å². The molecule has 3 heteroatoms. The van der Waals surface area contributed by atoms with Gasteiger partial charge in [0.05, 0.1) is 6.61 Å². The average molecular weight is 281 g/mol. The first kappa shape index (κ1) is 14.9. The zero-order valence-electron chi connectivity index (χ0n) is 12.1. The number of nitrogens with two attached hydrogens (primary N) is 1. The molecular formula is C18H19NO2. The number of rotatable bonds is 6. The Kier molecular flexibility index (Phi) is 5.16. The Hall–Kier alpha value is -2.55. The van der Waals surface area contributed by atoms with Crippen LogP contribution in [-0.2, 0) is 0 Å². The smallest absolute Gasteiger partial charge is 0.166 e. The van der Waals surface area contributed by atoms with Crippen LogP contribution in [0.2, 0.25) is 0 Å². The van der Waals surface area contributed by atoms with Crippen molar-refractivity contribution in [2.75, 3.05) is 12.3 Å². The van der Waals surface area contributed by atoms with E-state index in [4.69, 9.17) is 10.5 Å². The number of nitrogen functional groups attached to an aromatic ring is 1. The Balaban J connectivity index is 1.92. The maximum absolute atomic E-state index is 12.0. The monoisotopic (exact) mass is 281 g/mol. The maximum atomic E-state index is 12.0. The lowest BCUT2D eigenvalue weighted by atomic mass is 10.1. The number of Topliss-reactive ketones (excluding diaryl/α,β-unsaturated/α-hetero) is 1. The van der Waals surface area contributed by atoms with Gasteiger partial charge in [0.15, 0.2) is 5.78 Å². The van der Waals surface area contributed by atoms with Crippen LogP contribution in [-0.4, -0.2) is 12.4 Å². The minimum Gasteiger partial charge on any atom is -0.494 e. The van der Waals surface area contributed by atoms with E-state index in [0.29, 0.717) is 24.3 Å². The molecule has 0 radical (unpaired) electrons. The molecule has 0 aliphatic carbocycles. The molecule has 0 aromatic heterocycles. The van der Waals surface area contributed by atoms with E-state index in [1.54, 1.807) is 24.3 Å². The lowest BCUT2D eigenvalue weighted by Gasteiger charge is -2.02. The highest BCUT2D eigenvalue weighted by Crippen LogP contribution is 2.14. The molecule has 0 aliphatic rings. The third-order valence-corrected chi connectivity index (χ3v) is 3.04. The second kappa shape index (κ2) is 7.29. The van der Waals surface area contributed by atoms with E-state index in [9.17, 15) is 4.79 Å². The Bertz CT molecular complexity index is 613. The third kappa shape index (κ3) is 4.49. The first-order chi connectivity index (χ1) is 10.2. The highest BCUT2D eigenvalue weighted by atomic mass is 16.5. The van der Waals surface area contributed by atoms with Crippen LogP contribution in [0, 0.1) is 0 Å². The van der Waals surface area contributed by atoms with Gasteiger partial charge in [0.1, 0.15) is 5.75 Å². The average Bonchev–Trinajstić information content (AvgIpc) is 2.50. The largest absolute Gasteiger partial charge is 0.494 e. The molecule has 0 unspecified atom stereocenters. The first-order valence-electron chi connectivity index (χ1n) is 6.97. The van der Waals surface area contributed by atoms with Crippen molar-refractivity contribution < 1.29 is 9.53 Å². The number of ketones is 1. The number of hydrogen-bond donors (Lipinski definition) is 1. The van der Waals surface area contributed by atoms with Crippen molar-refractivity contribution in [2.24, 2.45) is 0 Å². The van der Waals surface area contributed by atoms with E-state index in [1.807, 2.05) is 43.3 Å². The van der Waals surface area contributed by atoms with Crippen molar-refractivity contribution in [3.05, 3.63) is 65.7 Å². The van der Waals surface area contributed by atoms with E-state index in [-0.39, 0.29) is 5.78 Å². The summed E-state index contributed by atoms with van der Waals surface area (Å²) >= 11 is 0. The number of benzene rings is 2. The van der Waals surface area contributed by atoms with E-state index >= 15 is 0 Å². The van der Waals surface area contributed by atoms with Crippen molar-refractivity contribution in [3.8, 4) is 5.75 Å². The molecule has 2 rings (SSSR count). The topological polar surface area (TPSA) is 52.3 Å². The van der Waals surface area contributed by atoms with E-state index in [1.165, 1.54) is 0 Å². The highest BCUT2D eigenvalue weighted by molar-refractivity contribution is 5.97. The fourth-order valence-electron chi connectivity index (χ4n) is 1.93. The Morgan fingerprint density at radius 2 is 1.76 bits per heavy atom. The van der Waals surface area contributed by atoms with Crippen molar-refractivity contribution >= 4 is 17.5 Å². The third-order valence-electron chi connectivity index (χ3n) is 3.04. The van der Waals surface area contributed by atoms with Crippen molar-refractivity contribution in [2.45, 2.75) is 13.3 Å². The zero-order valence-corrected chi connectivity index (χ0v) is 12.1. The molecule has 3 nitrogen and oxygen atoms in total. The minimum absolute atomic E-state index is 0.0807. The van der Waals surface area contributed by atoms with E-state index in [2.05, 4.69) is 0 Å². The van der Waals surface area contributed by atoms with Gasteiger partial charge < -0.3 is 10.5 Å². The summed E-state index contributed by atoms with van der Waals surface area (Å²) in [5, 5.41) is 0. The predicted octanol–water partition coefficient (Wildman–Crippen LogP) is 3.95. The lowest BCUT2D eigenvalue weighted by Crippen LogP contribution is -1.97. The molecule has 2 N–H and O–H groups in total. The molecule has 2 aromatic carbocycles. The van der Waals surface area contributed by atoms with Crippen LogP contribution < -0.4 is 10.5 Å². The number of allylic oxidation sites excluding steroid dienone is 1. The molecule has 0 amide bonds. The van der Waals surface area contributed by atoms with Crippen LogP contribution >= 0.6 is 0 Å². The number of anilines is 1. The molecule has 0 fully saturated rings. The summed E-state index contributed by atoms with van der Waals surface area (Å²) in [6, 6.07) is 14.8. The van der Waals surface area contributed by atoms with Crippen LogP contribution in [0.1, 0.15) is 29.3 Å². The number of hydrogen-bond acceptors (Lipinski definition) is 3. The van der Waals surface area contributed by atoms with Gasteiger partial charge >= 0.3 is 0 Å². The molecular weight excluding hydrogens is 262 g/mol. The quantitative estimate of drug-likeness (QED) is 0.644. The summed E-state index contributed by atoms with van der Waals surface area (Å²) in [6.07, 6.45) is 4.18. The van der Waals surface area contributed by atoms with Gasteiger partial charge in [-0.1, -0.05) is 24.3 Å². The van der Waals surface area contributed by atoms with Gasteiger partial charge in [0.2, 0.25) is 0 Å². The molecule has 0 bridgehead atoms. The summed E-state index contributed by atoms with van der Waals surface area (Å²) in [6.45, 7) is 2.61. The zero-order chi connectivity index (χ0) is 15.1. The van der Waals surface area contributed by atoms with Crippen molar-refractivity contribution in [1.29, 1.82) is 0 Å². The summed E-state index contributed by atoms with van der Waals surface area (Å²) in [5.74, 6) is 0.935. The van der Waals surface area contributed by atoms with Gasteiger partial charge in [-0.3, -0.25) is 4.79 Å². The molecule has 21 heavy (non-hydrogen) atoms. The van der Waals surface area contributed by atoms with Gasteiger partial charge in [0.25, 0.3) is 0 Å². The van der Waals surface area contributed by atoms with Gasteiger partial charge in [-0.25, -0.2) is 0 Å². The summed E-state index contributed by atoms with van der Waals surface area (Å²) < 4.78 is 5.38. The molecule has 0 aliphatic heterocycles. The highest BCUT2D eigenvalue weighted by Gasteiger charge is 2.02. The predicted molar refractivity (Wildman–Crippen MR) is 86.4 cm³/mol. The van der Waals surface area contributed by atoms with Crippen LogP contribution in [0.3, 0.4) is 0 Å². The maximum Gasteiger partial charge on any atom is 0.166 e. The number of carbonyl (C=O) groups is 1. The number of ether oxygens (including phenoxy) is 1. The lowest BCUT2D eigenvalue weighted by molar-refractivity contribution is 0.0996.